The predicted octanol–water partition coefficient (Wildman–Crippen LogP) is 13.1. The van der Waals surface area contributed by atoms with Crippen molar-refractivity contribution in [1.82, 2.24) is 0 Å². The van der Waals surface area contributed by atoms with Gasteiger partial charge in [0, 0.05) is 33.5 Å². The maximum atomic E-state index is 6.97. The third-order valence-electron chi connectivity index (χ3n) is 12.6. The van der Waals surface area contributed by atoms with Gasteiger partial charge in [0.15, 0.2) is 13.7 Å². The molecular weight excluding hydrogens is 771 g/mol. The maximum absolute atomic E-state index is 6.97. The van der Waals surface area contributed by atoms with Crippen LogP contribution in [0.15, 0.2) is 233 Å². The number of rotatable bonds is 9. The number of para-hydroxylation sites is 2. The van der Waals surface area contributed by atoms with E-state index >= 15 is 0 Å². The van der Waals surface area contributed by atoms with Crippen molar-refractivity contribution in [1.29, 1.82) is 0 Å². The van der Waals surface area contributed by atoms with Gasteiger partial charge < -0.3 is 13.7 Å². The van der Waals surface area contributed by atoms with Crippen LogP contribution >= 0.6 is 0 Å². The molecule has 0 aliphatic rings. The van der Waals surface area contributed by atoms with E-state index < -0.39 is 8.07 Å². The van der Waals surface area contributed by atoms with Gasteiger partial charge in [0.1, 0.15) is 16.9 Å². The normalized spacial score (nSPS) is 11.7. The number of anilines is 3. The van der Waals surface area contributed by atoms with Gasteiger partial charge in [0.25, 0.3) is 0 Å². The molecule has 0 fully saturated rings. The molecule has 0 aliphatic carbocycles. The molecule has 11 rings (SSSR count). The largest absolute Gasteiger partial charge is 0.461 e. The molecule has 0 unspecified atom stereocenters. The van der Waals surface area contributed by atoms with Gasteiger partial charge in [-0.05, 0) is 87.2 Å². The summed E-state index contributed by atoms with van der Waals surface area (Å²) in [5.41, 5.74) is 11.2. The Bertz CT molecular complexity index is 3240. The van der Waals surface area contributed by atoms with Crippen molar-refractivity contribution < 1.29 is 8.83 Å². The minimum Gasteiger partial charge on any atom is -0.461 e. The molecule has 296 valence electrons. The lowest BCUT2D eigenvalue weighted by Crippen LogP contribution is -2.74. The zero-order valence-corrected chi connectivity index (χ0v) is 35.6. The van der Waals surface area contributed by atoms with E-state index in [0.717, 1.165) is 78.0 Å². The molecule has 2 heterocycles. The zero-order valence-electron chi connectivity index (χ0n) is 34.6. The third-order valence-corrected chi connectivity index (χ3v) is 17.4. The quantitative estimate of drug-likeness (QED) is 0.107. The van der Waals surface area contributed by atoms with Gasteiger partial charge in [-0.3, -0.25) is 0 Å². The van der Waals surface area contributed by atoms with Crippen LogP contribution in [0.1, 0.15) is 11.3 Å². The van der Waals surface area contributed by atoms with Crippen molar-refractivity contribution in [2.75, 3.05) is 4.90 Å². The maximum Gasteiger partial charge on any atom is 0.179 e. The van der Waals surface area contributed by atoms with Gasteiger partial charge in [0.05, 0.1) is 11.4 Å². The first kappa shape index (κ1) is 37.3. The number of fused-ring (bicyclic) bond motifs is 4. The number of aryl methyl sites for hydroxylation is 2. The average molecular weight is 814 g/mol. The highest BCUT2D eigenvalue weighted by Crippen LogP contribution is 2.45. The lowest BCUT2D eigenvalue weighted by atomic mass is 10.0. The summed E-state index contributed by atoms with van der Waals surface area (Å²) in [5.74, 6) is 0.933. The summed E-state index contributed by atoms with van der Waals surface area (Å²) in [7, 11) is -2.63. The van der Waals surface area contributed by atoms with Crippen LogP contribution in [0.2, 0.25) is 0 Å². The van der Waals surface area contributed by atoms with Crippen molar-refractivity contribution in [3.63, 3.8) is 0 Å². The minimum absolute atomic E-state index is 0.834. The van der Waals surface area contributed by atoms with Crippen LogP contribution in [-0.4, -0.2) is 8.07 Å². The van der Waals surface area contributed by atoms with Crippen molar-refractivity contribution in [2.45, 2.75) is 13.8 Å². The van der Waals surface area contributed by atoms with E-state index in [1.54, 1.807) is 0 Å². The number of nitrogens with zero attached hydrogens (tertiary/aromatic N) is 1. The summed E-state index contributed by atoms with van der Waals surface area (Å²) in [6, 6.07) is 81.4. The van der Waals surface area contributed by atoms with E-state index in [2.05, 4.69) is 230 Å². The summed E-state index contributed by atoms with van der Waals surface area (Å²) in [6.45, 7) is 4.15. The summed E-state index contributed by atoms with van der Waals surface area (Å²) in [4.78, 5) is 2.30. The number of furan rings is 2. The first-order valence-corrected chi connectivity index (χ1v) is 23.2. The molecule has 0 bridgehead atoms. The van der Waals surface area contributed by atoms with E-state index in [0.29, 0.717) is 0 Å². The van der Waals surface area contributed by atoms with Gasteiger partial charge in [-0.2, -0.15) is 0 Å². The molecule has 11 aromatic rings. The Labute approximate surface area is 362 Å². The topological polar surface area (TPSA) is 29.5 Å². The van der Waals surface area contributed by atoms with E-state index in [9.17, 15) is 0 Å². The van der Waals surface area contributed by atoms with Crippen LogP contribution < -0.4 is 25.6 Å². The fourth-order valence-electron chi connectivity index (χ4n) is 9.51. The molecule has 0 aliphatic heterocycles. The Morgan fingerprint density at radius 2 is 0.871 bits per heavy atom. The molecule has 9 aromatic carbocycles. The zero-order chi connectivity index (χ0) is 41.6. The smallest absolute Gasteiger partial charge is 0.179 e. The van der Waals surface area contributed by atoms with Crippen molar-refractivity contribution in [3.8, 4) is 22.3 Å². The molecule has 2 aromatic heterocycles. The molecule has 0 saturated carbocycles. The summed E-state index contributed by atoms with van der Waals surface area (Å²) in [6.07, 6.45) is 0. The van der Waals surface area contributed by atoms with Crippen molar-refractivity contribution in [3.05, 3.63) is 236 Å². The molecule has 0 radical (unpaired) electrons. The van der Waals surface area contributed by atoms with Gasteiger partial charge in [-0.25, -0.2) is 0 Å². The molecule has 0 saturated heterocycles. The molecule has 4 heteroatoms. The fourth-order valence-corrected chi connectivity index (χ4v) is 14.3. The molecule has 0 amide bonds. The Balaban J connectivity index is 1.03. The molecule has 62 heavy (non-hydrogen) atoms. The van der Waals surface area contributed by atoms with Crippen LogP contribution in [0, 0.1) is 13.8 Å². The molecule has 0 spiro atoms. The van der Waals surface area contributed by atoms with Crippen molar-refractivity contribution in [2.24, 2.45) is 0 Å². The highest BCUT2D eigenvalue weighted by molar-refractivity contribution is 7.19. The highest BCUT2D eigenvalue weighted by atomic mass is 28.3. The average Bonchev–Trinajstić information content (AvgIpc) is 3.87. The molecule has 3 nitrogen and oxygen atoms in total. The van der Waals surface area contributed by atoms with Crippen LogP contribution in [0.4, 0.5) is 17.1 Å². The Kier molecular flexibility index (Phi) is 9.29. The Morgan fingerprint density at radius 3 is 1.47 bits per heavy atom. The van der Waals surface area contributed by atoms with E-state index in [1.165, 1.54) is 26.3 Å². The van der Waals surface area contributed by atoms with Crippen molar-refractivity contribution >= 4 is 78.8 Å². The fraction of sp³-hybridized carbons (Fsp3) is 0.0345. The monoisotopic (exact) mass is 813 g/mol. The highest BCUT2D eigenvalue weighted by Gasteiger charge is 2.41. The van der Waals surface area contributed by atoms with E-state index in [1.807, 2.05) is 13.0 Å². The van der Waals surface area contributed by atoms with Crippen LogP contribution in [0.5, 0.6) is 0 Å². The summed E-state index contributed by atoms with van der Waals surface area (Å²) in [5, 5.41) is 8.73. The summed E-state index contributed by atoms with van der Waals surface area (Å²) < 4.78 is 13.3. The Morgan fingerprint density at radius 1 is 0.371 bits per heavy atom. The lowest BCUT2D eigenvalue weighted by molar-refractivity contribution is 0.575. The lowest BCUT2D eigenvalue weighted by Gasteiger charge is -2.34. The first-order valence-electron chi connectivity index (χ1n) is 21.2. The Hall–Kier alpha value is -7.66. The second-order valence-corrected chi connectivity index (χ2v) is 19.9. The second-order valence-electron chi connectivity index (χ2n) is 16.1. The SMILES string of the molecule is Cc1oc2cc(N(c3ccc(-c4ccc([Si](c5ccccc5)(c5ccccc5)c5ccccc5)cc4)cc3)c3cccc4c3oc3c(-c5ccccc5)cccc34)ccc2c1C. The number of hydrogen-bond donors (Lipinski definition) is 0. The van der Waals surface area contributed by atoms with E-state index in [-0.39, 0.29) is 0 Å². The van der Waals surface area contributed by atoms with Crippen LogP contribution in [-0.2, 0) is 0 Å². The third kappa shape index (κ3) is 6.18. The molecule has 0 atom stereocenters. The van der Waals surface area contributed by atoms with E-state index in [4.69, 9.17) is 8.83 Å². The predicted molar refractivity (Wildman–Crippen MR) is 262 cm³/mol. The molecular formula is C58H43NO2Si. The van der Waals surface area contributed by atoms with Gasteiger partial charge in [-0.15, -0.1) is 0 Å². The van der Waals surface area contributed by atoms with Gasteiger partial charge in [0.2, 0.25) is 0 Å². The number of benzene rings is 9. The second kappa shape index (κ2) is 15.4. The molecule has 0 N–H and O–H groups in total. The standard InChI is InChI=1S/C58H43NO2Si/c1-40-41(2)60-56-39-46(35-38-51(40)56)59(55-28-16-27-54-53-26-15-25-52(57(53)61-58(54)55)44-17-7-3-8-18-44)45-33-29-42(30-34-45)43-31-36-50(37-32-43)62(47-19-9-4-10-20-47,48-21-11-5-12-22-48)49-23-13-6-14-24-49/h3-39H,1-2H3. The summed E-state index contributed by atoms with van der Waals surface area (Å²) >= 11 is 0. The number of hydrogen-bond acceptors (Lipinski definition) is 3. The van der Waals surface area contributed by atoms with Gasteiger partial charge in [-0.1, -0.05) is 188 Å². The van der Waals surface area contributed by atoms with Gasteiger partial charge >= 0.3 is 0 Å². The van der Waals surface area contributed by atoms with Crippen LogP contribution in [0.3, 0.4) is 0 Å². The first-order chi connectivity index (χ1) is 30.6. The minimum atomic E-state index is -2.63. The van der Waals surface area contributed by atoms with Crippen LogP contribution in [0.25, 0.3) is 55.2 Å².